The van der Waals surface area contributed by atoms with Crippen LogP contribution < -0.4 is 16.0 Å². The Morgan fingerprint density at radius 2 is 1.55 bits per heavy atom. The summed E-state index contributed by atoms with van der Waals surface area (Å²) < 4.78 is 0. The van der Waals surface area contributed by atoms with E-state index in [1.165, 1.54) is 5.56 Å². The van der Waals surface area contributed by atoms with Crippen LogP contribution in [0.5, 0.6) is 0 Å². The molecule has 3 aromatic carbocycles. The van der Waals surface area contributed by atoms with Gasteiger partial charge in [-0.2, -0.15) is 0 Å². The summed E-state index contributed by atoms with van der Waals surface area (Å²) in [6.07, 6.45) is 0. The number of nitrogen functional groups attached to an aromatic ring is 1. The third kappa shape index (κ3) is 4.76. The lowest BCUT2D eigenvalue weighted by atomic mass is 10.1. The zero-order valence-electron chi connectivity index (χ0n) is 16.4. The summed E-state index contributed by atoms with van der Waals surface area (Å²) >= 11 is 0. The zero-order valence-corrected chi connectivity index (χ0v) is 16.4. The van der Waals surface area contributed by atoms with Crippen LogP contribution in [-0.2, 0) is 11.3 Å². The number of hydrogen-bond donors (Lipinski definition) is 2. The van der Waals surface area contributed by atoms with E-state index in [-0.39, 0.29) is 11.9 Å². The monoisotopic (exact) mass is 386 g/mol. The van der Waals surface area contributed by atoms with Gasteiger partial charge in [-0.15, -0.1) is 0 Å². The second-order valence-corrected chi connectivity index (χ2v) is 7.36. The van der Waals surface area contributed by atoms with E-state index < -0.39 is 0 Å². The number of piperazine rings is 1. The van der Waals surface area contributed by atoms with Gasteiger partial charge in [0, 0.05) is 43.2 Å². The van der Waals surface area contributed by atoms with Crippen molar-refractivity contribution in [3.05, 3.63) is 90.5 Å². The fourth-order valence-electron chi connectivity index (χ4n) is 3.74. The summed E-state index contributed by atoms with van der Waals surface area (Å²) in [4.78, 5) is 17.8. The molecule has 0 spiro atoms. The van der Waals surface area contributed by atoms with Crippen molar-refractivity contribution in [1.29, 1.82) is 0 Å². The van der Waals surface area contributed by atoms with E-state index in [1.54, 1.807) is 12.1 Å². The second-order valence-electron chi connectivity index (χ2n) is 7.36. The number of rotatable bonds is 5. The molecule has 5 nitrogen and oxygen atoms in total. The van der Waals surface area contributed by atoms with Crippen molar-refractivity contribution in [2.75, 3.05) is 35.6 Å². The molecule has 29 heavy (non-hydrogen) atoms. The second kappa shape index (κ2) is 8.80. The molecular weight excluding hydrogens is 360 g/mol. The van der Waals surface area contributed by atoms with Gasteiger partial charge in [0.25, 0.3) is 0 Å². The van der Waals surface area contributed by atoms with Crippen molar-refractivity contribution in [3.63, 3.8) is 0 Å². The van der Waals surface area contributed by atoms with Crippen molar-refractivity contribution in [2.24, 2.45) is 0 Å². The summed E-state index contributed by atoms with van der Waals surface area (Å²) in [7, 11) is 0. The molecule has 0 saturated carbocycles. The maximum atomic E-state index is 13.2. The van der Waals surface area contributed by atoms with Gasteiger partial charge < -0.3 is 16.0 Å². The molecule has 4 rings (SSSR count). The number of nitrogens with one attached hydrogen (secondary N) is 1. The predicted octanol–water partition coefficient (Wildman–Crippen LogP) is 3.60. The smallest absolute Gasteiger partial charge is 0.243 e. The number of benzene rings is 3. The quantitative estimate of drug-likeness (QED) is 0.658. The van der Waals surface area contributed by atoms with Crippen LogP contribution in [0, 0.1) is 0 Å². The number of carbonyl (C=O) groups is 1. The SMILES string of the molecule is Nc1ccc(NC(=O)C2CN(c3ccccc3)CCN2Cc2ccccc2)cc1. The van der Waals surface area contributed by atoms with Crippen LogP contribution in [0.25, 0.3) is 0 Å². The van der Waals surface area contributed by atoms with Crippen molar-refractivity contribution in [3.8, 4) is 0 Å². The zero-order chi connectivity index (χ0) is 20.1. The molecular formula is C24H26N4O. The molecule has 148 valence electrons. The Morgan fingerprint density at radius 1 is 0.897 bits per heavy atom. The minimum Gasteiger partial charge on any atom is -0.399 e. The fraction of sp³-hybridized carbons (Fsp3) is 0.208. The van der Waals surface area contributed by atoms with Crippen LogP contribution in [0.15, 0.2) is 84.9 Å². The minimum atomic E-state index is -0.248. The topological polar surface area (TPSA) is 61.6 Å². The highest BCUT2D eigenvalue weighted by Gasteiger charge is 2.32. The van der Waals surface area contributed by atoms with E-state index >= 15 is 0 Å². The molecule has 0 aromatic heterocycles. The molecule has 1 aliphatic heterocycles. The first-order valence-corrected chi connectivity index (χ1v) is 9.93. The van der Waals surface area contributed by atoms with Gasteiger partial charge in [0.2, 0.25) is 5.91 Å². The van der Waals surface area contributed by atoms with Crippen molar-refractivity contribution >= 4 is 23.0 Å². The number of nitrogens with two attached hydrogens (primary N) is 1. The highest BCUT2D eigenvalue weighted by molar-refractivity contribution is 5.95. The number of hydrogen-bond acceptors (Lipinski definition) is 4. The van der Waals surface area contributed by atoms with Crippen LogP contribution >= 0.6 is 0 Å². The summed E-state index contributed by atoms with van der Waals surface area (Å²) in [6.45, 7) is 3.12. The molecule has 0 bridgehead atoms. The first kappa shape index (κ1) is 19.0. The lowest BCUT2D eigenvalue weighted by Gasteiger charge is -2.41. The van der Waals surface area contributed by atoms with E-state index in [0.29, 0.717) is 12.2 Å². The maximum absolute atomic E-state index is 13.2. The molecule has 1 amide bonds. The molecule has 1 saturated heterocycles. The summed E-state index contributed by atoms with van der Waals surface area (Å²) in [5.74, 6) is 0.00586. The highest BCUT2D eigenvalue weighted by Crippen LogP contribution is 2.22. The average molecular weight is 386 g/mol. The van der Waals surface area contributed by atoms with Crippen molar-refractivity contribution in [2.45, 2.75) is 12.6 Å². The van der Waals surface area contributed by atoms with Crippen LogP contribution in [0.2, 0.25) is 0 Å². The summed E-state index contributed by atoms with van der Waals surface area (Å²) in [5.41, 5.74) is 9.57. The lowest BCUT2D eigenvalue weighted by Crippen LogP contribution is -2.57. The van der Waals surface area contributed by atoms with Crippen LogP contribution in [0.4, 0.5) is 17.1 Å². The van der Waals surface area contributed by atoms with Gasteiger partial charge in [-0.1, -0.05) is 48.5 Å². The largest absolute Gasteiger partial charge is 0.399 e. The number of nitrogens with zero attached hydrogens (tertiary/aromatic N) is 2. The Morgan fingerprint density at radius 3 is 2.24 bits per heavy atom. The Hall–Kier alpha value is -3.31. The van der Waals surface area contributed by atoms with Crippen LogP contribution in [-0.4, -0.2) is 36.5 Å². The normalized spacial score (nSPS) is 17.1. The van der Waals surface area contributed by atoms with E-state index in [0.717, 1.165) is 31.0 Å². The third-order valence-corrected chi connectivity index (χ3v) is 5.32. The first-order chi connectivity index (χ1) is 14.2. The number of carbonyl (C=O) groups excluding carboxylic acids is 1. The molecule has 0 aliphatic carbocycles. The Labute approximate surface area is 171 Å². The standard InChI is InChI=1S/C24H26N4O/c25-20-11-13-21(14-12-20)26-24(29)23-18-27(22-9-5-2-6-10-22)15-16-28(23)17-19-7-3-1-4-8-19/h1-14,23H,15-18,25H2,(H,26,29). The van der Waals surface area contributed by atoms with Crippen LogP contribution in [0.1, 0.15) is 5.56 Å². The Kier molecular flexibility index (Phi) is 5.77. The first-order valence-electron chi connectivity index (χ1n) is 9.93. The molecule has 3 aromatic rings. The number of para-hydroxylation sites is 1. The Bertz CT molecular complexity index is 928. The molecule has 0 radical (unpaired) electrons. The molecule has 3 N–H and O–H groups in total. The van der Waals surface area contributed by atoms with E-state index in [4.69, 9.17) is 5.73 Å². The summed E-state index contributed by atoms with van der Waals surface area (Å²) in [5, 5.41) is 3.06. The molecule has 1 fully saturated rings. The van der Waals surface area contributed by atoms with E-state index in [1.807, 2.05) is 48.5 Å². The summed E-state index contributed by atoms with van der Waals surface area (Å²) in [6, 6.07) is 27.6. The van der Waals surface area contributed by atoms with Crippen LogP contribution in [0.3, 0.4) is 0 Å². The molecule has 1 unspecified atom stereocenters. The van der Waals surface area contributed by atoms with Gasteiger partial charge in [-0.05, 0) is 42.0 Å². The van der Waals surface area contributed by atoms with Gasteiger partial charge in [-0.3, -0.25) is 9.69 Å². The lowest BCUT2D eigenvalue weighted by molar-refractivity contribution is -0.121. The van der Waals surface area contributed by atoms with Gasteiger partial charge >= 0.3 is 0 Å². The number of anilines is 3. The highest BCUT2D eigenvalue weighted by atomic mass is 16.2. The van der Waals surface area contributed by atoms with Gasteiger partial charge in [0.05, 0.1) is 0 Å². The van der Waals surface area contributed by atoms with Crippen molar-refractivity contribution < 1.29 is 4.79 Å². The molecule has 1 aliphatic rings. The van der Waals surface area contributed by atoms with Crippen molar-refractivity contribution in [1.82, 2.24) is 4.90 Å². The minimum absolute atomic E-state index is 0.00586. The average Bonchev–Trinajstić information content (AvgIpc) is 2.77. The number of amides is 1. The van der Waals surface area contributed by atoms with Gasteiger partial charge in [-0.25, -0.2) is 0 Å². The molecule has 1 atom stereocenters. The fourth-order valence-corrected chi connectivity index (χ4v) is 3.74. The van der Waals surface area contributed by atoms with E-state index in [2.05, 4.69) is 39.4 Å². The molecule has 1 heterocycles. The molecule has 5 heteroatoms. The van der Waals surface area contributed by atoms with Gasteiger partial charge in [0.1, 0.15) is 6.04 Å². The Balaban J connectivity index is 1.54. The van der Waals surface area contributed by atoms with E-state index in [9.17, 15) is 4.79 Å². The van der Waals surface area contributed by atoms with Gasteiger partial charge in [0.15, 0.2) is 0 Å². The predicted molar refractivity (Wildman–Crippen MR) is 119 cm³/mol. The maximum Gasteiger partial charge on any atom is 0.243 e. The third-order valence-electron chi connectivity index (χ3n) is 5.32.